The van der Waals surface area contributed by atoms with Crippen LogP contribution in [-0.2, 0) is 37.5 Å². The largest absolute Gasteiger partial charge is 0.379 e. The molecule has 0 atom stereocenters. The molecule has 5 heterocycles. The maximum atomic E-state index is 13.7. The highest BCUT2D eigenvalue weighted by molar-refractivity contribution is 6.04. The molecule has 0 spiro atoms. The number of carbonyl (C=O) groups excluding carboxylic acids is 3. The van der Waals surface area contributed by atoms with Crippen molar-refractivity contribution in [2.24, 2.45) is 5.73 Å². The third-order valence-corrected chi connectivity index (χ3v) is 9.73. The summed E-state index contributed by atoms with van der Waals surface area (Å²) in [5.74, 6) is -0.341. The van der Waals surface area contributed by atoms with E-state index in [0.29, 0.717) is 86.6 Å². The topological polar surface area (TPSA) is 185 Å². The predicted octanol–water partition coefficient (Wildman–Crippen LogP) is 4.35. The third kappa shape index (κ3) is 7.47. The average molecular weight is 735 g/mol. The number of anilines is 2. The Morgan fingerprint density at radius 1 is 0.778 bits per heavy atom. The number of imidazole rings is 2. The molecule has 16 nitrogen and oxygen atoms in total. The SMILES string of the molecule is CCn1nc(C)cc1C(=O)Nc1nc2cc(C(N)=O)ccc2n1CCCCn1c(NC(=O)c2cc(C)nn2CC)nc2c(CN3CCOCC3)cccc21. The molecule has 4 N–H and O–H groups in total. The summed E-state index contributed by atoms with van der Waals surface area (Å²) in [6, 6.07) is 14.8. The Bertz CT molecular complexity index is 2340. The average Bonchev–Trinajstić information content (AvgIpc) is 3.93. The fourth-order valence-electron chi connectivity index (χ4n) is 7.07. The molecule has 1 fully saturated rings. The van der Waals surface area contributed by atoms with Gasteiger partial charge in [-0.25, -0.2) is 9.97 Å². The van der Waals surface area contributed by atoms with Gasteiger partial charge in [0.2, 0.25) is 17.8 Å². The summed E-state index contributed by atoms with van der Waals surface area (Å²) in [6.07, 6.45) is 1.41. The number of hydrogen-bond donors (Lipinski definition) is 3. The second-order valence-corrected chi connectivity index (χ2v) is 13.5. The van der Waals surface area contributed by atoms with Crippen LogP contribution in [0.4, 0.5) is 11.9 Å². The lowest BCUT2D eigenvalue weighted by atomic mass is 10.1. The quantitative estimate of drug-likeness (QED) is 0.137. The van der Waals surface area contributed by atoms with E-state index >= 15 is 0 Å². The zero-order valence-corrected chi connectivity index (χ0v) is 31.1. The number of nitrogens with one attached hydrogen (secondary N) is 2. The molecule has 0 aliphatic carbocycles. The van der Waals surface area contributed by atoms with Crippen LogP contribution in [0.15, 0.2) is 48.5 Å². The summed E-state index contributed by atoms with van der Waals surface area (Å²) in [4.78, 5) is 51.2. The number of fused-ring (bicyclic) bond motifs is 2. The number of para-hydroxylation sites is 1. The Balaban J connectivity index is 1.16. The first-order valence-electron chi connectivity index (χ1n) is 18.4. The number of nitrogens with zero attached hydrogens (tertiary/aromatic N) is 9. The van der Waals surface area contributed by atoms with Crippen molar-refractivity contribution in [2.45, 2.75) is 73.3 Å². The van der Waals surface area contributed by atoms with Gasteiger partial charge < -0.3 is 19.6 Å². The van der Waals surface area contributed by atoms with Crippen LogP contribution in [0, 0.1) is 13.8 Å². The number of aryl methyl sites for hydroxylation is 6. The van der Waals surface area contributed by atoms with Crippen LogP contribution < -0.4 is 16.4 Å². The van der Waals surface area contributed by atoms with Crippen LogP contribution in [0.5, 0.6) is 0 Å². The molecule has 2 aromatic carbocycles. The van der Waals surface area contributed by atoms with Crippen LogP contribution in [-0.4, -0.2) is 87.6 Å². The zero-order chi connectivity index (χ0) is 37.9. The van der Waals surface area contributed by atoms with E-state index in [1.165, 1.54) is 0 Å². The second-order valence-electron chi connectivity index (χ2n) is 13.5. The molecule has 0 bridgehead atoms. The lowest BCUT2D eigenvalue weighted by Crippen LogP contribution is -2.35. The van der Waals surface area contributed by atoms with Crippen molar-refractivity contribution in [1.29, 1.82) is 0 Å². The molecule has 1 aliphatic heterocycles. The lowest BCUT2D eigenvalue weighted by molar-refractivity contribution is 0.0343. The molecule has 54 heavy (non-hydrogen) atoms. The van der Waals surface area contributed by atoms with E-state index in [2.05, 4.69) is 36.4 Å². The zero-order valence-electron chi connectivity index (χ0n) is 31.1. The molecule has 0 radical (unpaired) electrons. The van der Waals surface area contributed by atoms with Gasteiger partial charge >= 0.3 is 0 Å². The minimum atomic E-state index is -0.558. The first-order valence-corrected chi connectivity index (χ1v) is 18.4. The number of hydrogen-bond acceptors (Lipinski definition) is 9. The van der Waals surface area contributed by atoms with Crippen LogP contribution >= 0.6 is 0 Å². The van der Waals surface area contributed by atoms with Crippen molar-refractivity contribution in [3.63, 3.8) is 0 Å². The Morgan fingerprint density at radius 3 is 1.96 bits per heavy atom. The predicted molar refractivity (Wildman–Crippen MR) is 204 cm³/mol. The Kier molecular flexibility index (Phi) is 10.6. The van der Waals surface area contributed by atoms with Gasteiger partial charge in [-0.2, -0.15) is 10.2 Å². The molecule has 16 heteroatoms. The van der Waals surface area contributed by atoms with Crippen molar-refractivity contribution in [3.8, 4) is 0 Å². The Morgan fingerprint density at radius 2 is 1.37 bits per heavy atom. The van der Waals surface area contributed by atoms with E-state index in [1.54, 1.807) is 39.7 Å². The molecule has 7 rings (SSSR count). The summed E-state index contributed by atoms with van der Waals surface area (Å²) in [5, 5.41) is 15.0. The van der Waals surface area contributed by atoms with Gasteiger partial charge in [0.15, 0.2) is 0 Å². The summed E-state index contributed by atoms with van der Waals surface area (Å²) in [6.45, 7) is 13.6. The molecular weight excluding hydrogens is 688 g/mol. The number of aromatic nitrogens is 8. The molecule has 1 saturated heterocycles. The van der Waals surface area contributed by atoms with E-state index in [1.807, 2.05) is 44.4 Å². The number of ether oxygens (including phenoxy) is 1. The van der Waals surface area contributed by atoms with E-state index in [9.17, 15) is 14.4 Å². The number of carbonyl (C=O) groups is 3. The first-order chi connectivity index (χ1) is 26.1. The van der Waals surface area contributed by atoms with Crippen LogP contribution in [0.25, 0.3) is 22.1 Å². The van der Waals surface area contributed by atoms with Gasteiger partial charge in [-0.15, -0.1) is 0 Å². The summed E-state index contributed by atoms with van der Waals surface area (Å²) >= 11 is 0. The van der Waals surface area contributed by atoms with Gasteiger partial charge in [0.1, 0.15) is 11.4 Å². The van der Waals surface area contributed by atoms with E-state index in [0.717, 1.165) is 53.1 Å². The number of benzene rings is 2. The maximum Gasteiger partial charge on any atom is 0.276 e. The minimum Gasteiger partial charge on any atom is -0.379 e. The van der Waals surface area contributed by atoms with E-state index in [-0.39, 0.29) is 11.8 Å². The number of nitrogens with two attached hydrogens (primary N) is 1. The monoisotopic (exact) mass is 734 g/mol. The molecule has 6 aromatic rings. The van der Waals surface area contributed by atoms with Crippen LogP contribution in [0.1, 0.15) is 75.0 Å². The summed E-state index contributed by atoms with van der Waals surface area (Å²) in [5.41, 5.74) is 12.5. The van der Waals surface area contributed by atoms with Gasteiger partial charge in [-0.3, -0.25) is 39.3 Å². The van der Waals surface area contributed by atoms with Crippen molar-refractivity contribution >= 4 is 51.7 Å². The number of unbranched alkanes of at least 4 members (excludes halogenated alkanes) is 1. The van der Waals surface area contributed by atoms with Gasteiger partial charge in [0, 0.05) is 51.4 Å². The standard InChI is InChI=1S/C38H46N12O4/c1-5-49-31(20-24(3)44-49)35(52)42-37-40-28-22-26(34(39)51)12-13-29(28)47(37)14-7-8-15-48-30-11-9-10-27(23-46-16-18-54-19-17-46)33(30)41-38(48)43-36(53)32-21-25(4)45-50(32)6-2/h9-13,20-22H,5-8,14-19,23H2,1-4H3,(H2,39,51)(H,40,42,52)(H,41,43,53). The highest BCUT2D eigenvalue weighted by atomic mass is 16.5. The molecule has 3 amide bonds. The van der Waals surface area contributed by atoms with Crippen molar-refractivity contribution in [3.05, 3.63) is 82.4 Å². The second kappa shape index (κ2) is 15.6. The van der Waals surface area contributed by atoms with Gasteiger partial charge in [0.25, 0.3) is 11.8 Å². The van der Waals surface area contributed by atoms with Crippen LogP contribution in [0.3, 0.4) is 0 Å². The Hall–Kier alpha value is -5.87. The Labute approximate surface area is 312 Å². The van der Waals surface area contributed by atoms with Gasteiger partial charge in [-0.05, 0) is 82.5 Å². The third-order valence-electron chi connectivity index (χ3n) is 9.73. The fourth-order valence-corrected chi connectivity index (χ4v) is 7.07. The smallest absolute Gasteiger partial charge is 0.276 e. The molecule has 4 aromatic heterocycles. The normalized spacial score (nSPS) is 13.6. The molecule has 0 saturated carbocycles. The molecule has 282 valence electrons. The summed E-state index contributed by atoms with van der Waals surface area (Å²) < 4.78 is 12.9. The lowest BCUT2D eigenvalue weighted by Gasteiger charge is -2.26. The number of primary amides is 1. The summed E-state index contributed by atoms with van der Waals surface area (Å²) in [7, 11) is 0. The maximum absolute atomic E-state index is 13.7. The van der Waals surface area contributed by atoms with Crippen molar-refractivity contribution in [1.82, 2.24) is 43.6 Å². The number of amides is 3. The fraction of sp³-hybridized carbons (Fsp3) is 0.395. The van der Waals surface area contributed by atoms with Gasteiger partial charge in [-0.1, -0.05) is 12.1 Å². The highest BCUT2D eigenvalue weighted by Crippen LogP contribution is 2.27. The highest BCUT2D eigenvalue weighted by Gasteiger charge is 2.22. The first kappa shape index (κ1) is 36.5. The van der Waals surface area contributed by atoms with E-state index in [4.69, 9.17) is 20.4 Å². The molecule has 1 aliphatic rings. The van der Waals surface area contributed by atoms with Crippen molar-refractivity contribution in [2.75, 3.05) is 36.9 Å². The van der Waals surface area contributed by atoms with Crippen LogP contribution in [0.2, 0.25) is 0 Å². The van der Waals surface area contributed by atoms with Crippen molar-refractivity contribution < 1.29 is 19.1 Å². The minimum absolute atomic E-state index is 0.274. The number of rotatable bonds is 14. The van der Waals surface area contributed by atoms with Gasteiger partial charge in [0.05, 0.1) is 46.7 Å². The van der Waals surface area contributed by atoms with E-state index < -0.39 is 5.91 Å². The molecular formula is C38H46N12O4. The molecule has 0 unspecified atom stereocenters. The number of morpholine rings is 1.